The number of aromatic amines is 1. The molecule has 0 amide bonds. The molecule has 156 valence electrons. The summed E-state index contributed by atoms with van der Waals surface area (Å²) in [5, 5.41) is 10.2. The fourth-order valence-electron chi connectivity index (χ4n) is 3.96. The van der Waals surface area contributed by atoms with Crippen LogP contribution in [0.15, 0.2) is 24.3 Å². The Bertz CT molecular complexity index is 689. The van der Waals surface area contributed by atoms with Crippen molar-refractivity contribution in [3.8, 4) is 0 Å². The fraction of sp³-hybridized carbons (Fsp3) is 0.640. The number of unbranched alkanes of at least 4 members (excludes halogenated alkanes) is 13. The lowest BCUT2D eigenvalue weighted by molar-refractivity contribution is 0.0697. The Morgan fingerprint density at radius 2 is 1.32 bits per heavy atom. The molecule has 3 heteroatoms. The van der Waals surface area contributed by atoms with Crippen LogP contribution in [0, 0.1) is 0 Å². The third-order valence-electron chi connectivity index (χ3n) is 5.72. The monoisotopic (exact) mass is 385 g/mol. The minimum atomic E-state index is -0.870. The molecule has 0 fully saturated rings. The van der Waals surface area contributed by atoms with Crippen molar-refractivity contribution in [2.45, 2.75) is 103 Å². The number of nitrogens with one attached hydrogen (secondary N) is 1. The summed E-state index contributed by atoms with van der Waals surface area (Å²) in [7, 11) is 0. The average Bonchev–Trinajstić information content (AvgIpc) is 3.10. The molecule has 2 aromatic rings. The summed E-state index contributed by atoms with van der Waals surface area (Å²) in [6.45, 7) is 2.28. The Morgan fingerprint density at radius 1 is 0.786 bits per heavy atom. The Hall–Kier alpha value is -1.77. The van der Waals surface area contributed by atoms with Gasteiger partial charge in [-0.25, -0.2) is 4.79 Å². The molecule has 2 rings (SSSR count). The van der Waals surface area contributed by atoms with E-state index in [0.29, 0.717) is 5.56 Å². The molecule has 0 atom stereocenters. The number of carbonyl (C=O) groups is 1. The highest BCUT2D eigenvalue weighted by Crippen LogP contribution is 2.19. The maximum absolute atomic E-state index is 11.1. The number of H-pyrrole nitrogens is 1. The molecule has 0 spiro atoms. The average molecular weight is 386 g/mol. The lowest BCUT2D eigenvalue weighted by atomic mass is 10.0. The molecule has 1 aromatic heterocycles. The van der Waals surface area contributed by atoms with Crippen molar-refractivity contribution < 1.29 is 9.90 Å². The van der Waals surface area contributed by atoms with Gasteiger partial charge in [0, 0.05) is 11.2 Å². The Kier molecular flexibility index (Phi) is 10.8. The number of carboxylic acids is 1. The topological polar surface area (TPSA) is 53.1 Å². The van der Waals surface area contributed by atoms with E-state index in [2.05, 4.69) is 18.0 Å². The third kappa shape index (κ3) is 8.50. The quantitative estimate of drug-likeness (QED) is 0.289. The van der Waals surface area contributed by atoms with Gasteiger partial charge in [-0.15, -0.1) is 0 Å². The van der Waals surface area contributed by atoms with Gasteiger partial charge in [0.15, 0.2) is 0 Å². The molecule has 3 nitrogen and oxygen atoms in total. The predicted molar refractivity (Wildman–Crippen MR) is 119 cm³/mol. The van der Waals surface area contributed by atoms with Gasteiger partial charge < -0.3 is 10.1 Å². The summed E-state index contributed by atoms with van der Waals surface area (Å²) in [5.41, 5.74) is 2.49. The molecule has 0 unspecified atom stereocenters. The molecule has 2 N–H and O–H groups in total. The lowest BCUT2D eigenvalue weighted by Gasteiger charge is -2.03. The highest BCUT2D eigenvalue weighted by Gasteiger charge is 2.06. The van der Waals surface area contributed by atoms with E-state index in [4.69, 9.17) is 5.11 Å². The van der Waals surface area contributed by atoms with Crippen LogP contribution >= 0.6 is 0 Å². The largest absolute Gasteiger partial charge is 0.478 e. The smallest absolute Gasteiger partial charge is 0.335 e. The molecule has 0 aliphatic heterocycles. The summed E-state index contributed by atoms with van der Waals surface area (Å²) in [6, 6.07) is 7.45. The van der Waals surface area contributed by atoms with Crippen LogP contribution in [0.2, 0.25) is 0 Å². The minimum absolute atomic E-state index is 0.345. The number of aromatic carboxylic acids is 1. The number of rotatable bonds is 16. The predicted octanol–water partition coefficient (Wildman–Crippen LogP) is 7.89. The van der Waals surface area contributed by atoms with Crippen LogP contribution in [0.25, 0.3) is 10.9 Å². The van der Waals surface area contributed by atoms with Crippen molar-refractivity contribution >= 4 is 16.9 Å². The van der Waals surface area contributed by atoms with Crippen LogP contribution in [0.1, 0.15) is 113 Å². The van der Waals surface area contributed by atoms with Crippen molar-refractivity contribution in [1.29, 1.82) is 0 Å². The van der Waals surface area contributed by atoms with E-state index in [9.17, 15) is 4.79 Å². The van der Waals surface area contributed by atoms with Crippen molar-refractivity contribution in [2.75, 3.05) is 0 Å². The fourth-order valence-corrected chi connectivity index (χ4v) is 3.96. The number of carboxylic acid groups (broad SMARTS) is 1. The standard InChI is InChI=1S/C25H39NO2/c1-2-3-4-5-6-7-8-9-10-11-12-13-14-15-16-23-19-21-17-18-22(25(27)28)20-24(21)26-23/h17-20,26H,2-16H2,1H3,(H,27,28). The van der Waals surface area contributed by atoms with Crippen molar-refractivity contribution in [2.24, 2.45) is 0 Å². The van der Waals surface area contributed by atoms with Gasteiger partial charge in [-0.3, -0.25) is 0 Å². The summed E-state index contributed by atoms with van der Waals surface area (Å²) in [5.74, 6) is -0.870. The van der Waals surface area contributed by atoms with E-state index in [1.165, 1.54) is 95.6 Å². The highest BCUT2D eigenvalue weighted by molar-refractivity contribution is 5.93. The molecule has 0 saturated carbocycles. The van der Waals surface area contributed by atoms with Crippen molar-refractivity contribution in [1.82, 2.24) is 4.98 Å². The molecule has 0 aliphatic rings. The Balaban J connectivity index is 1.46. The number of aromatic nitrogens is 1. The summed E-state index contributed by atoms with van der Waals surface area (Å²) in [6.07, 6.45) is 20.4. The third-order valence-corrected chi connectivity index (χ3v) is 5.72. The van der Waals surface area contributed by atoms with Crippen LogP contribution in [-0.2, 0) is 6.42 Å². The van der Waals surface area contributed by atoms with E-state index >= 15 is 0 Å². The van der Waals surface area contributed by atoms with Gasteiger partial charge in [0.25, 0.3) is 0 Å². The van der Waals surface area contributed by atoms with E-state index in [1.54, 1.807) is 12.1 Å². The first-order chi connectivity index (χ1) is 13.7. The molecule has 0 bridgehead atoms. The Labute approximate surface area is 170 Å². The summed E-state index contributed by atoms with van der Waals surface area (Å²) >= 11 is 0. The van der Waals surface area contributed by atoms with Crippen LogP contribution in [0.3, 0.4) is 0 Å². The molecule has 0 aliphatic carbocycles. The van der Waals surface area contributed by atoms with Gasteiger partial charge in [-0.2, -0.15) is 0 Å². The number of fused-ring (bicyclic) bond motifs is 1. The van der Waals surface area contributed by atoms with Crippen LogP contribution in [0.5, 0.6) is 0 Å². The van der Waals surface area contributed by atoms with Crippen LogP contribution < -0.4 is 0 Å². The van der Waals surface area contributed by atoms with Gasteiger partial charge in [0.2, 0.25) is 0 Å². The molecular weight excluding hydrogens is 346 g/mol. The maximum atomic E-state index is 11.1. The van der Waals surface area contributed by atoms with Crippen LogP contribution in [0.4, 0.5) is 0 Å². The van der Waals surface area contributed by atoms with Crippen molar-refractivity contribution in [3.63, 3.8) is 0 Å². The molecule has 0 saturated heterocycles. The van der Waals surface area contributed by atoms with E-state index in [0.717, 1.165) is 17.3 Å². The second-order valence-electron chi connectivity index (χ2n) is 8.25. The van der Waals surface area contributed by atoms with Gasteiger partial charge >= 0.3 is 5.97 Å². The number of hydrogen-bond acceptors (Lipinski definition) is 1. The number of benzene rings is 1. The first-order valence-corrected chi connectivity index (χ1v) is 11.6. The Morgan fingerprint density at radius 3 is 1.86 bits per heavy atom. The van der Waals surface area contributed by atoms with Crippen LogP contribution in [-0.4, -0.2) is 16.1 Å². The molecule has 28 heavy (non-hydrogen) atoms. The summed E-state index contributed by atoms with van der Waals surface area (Å²) in [4.78, 5) is 14.4. The summed E-state index contributed by atoms with van der Waals surface area (Å²) < 4.78 is 0. The van der Waals surface area contributed by atoms with Gasteiger partial charge in [-0.1, -0.05) is 96.5 Å². The first-order valence-electron chi connectivity index (χ1n) is 11.6. The highest BCUT2D eigenvalue weighted by atomic mass is 16.4. The number of aryl methyl sites for hydroxylation is 1. The van der Waals surface area contributed by atoms with E-state index in [-0.39, 0.29) is 0 Å². The first kappa shape index (κ1) is 22.5. The normalized spacial score (nSPS) is 11.3. The molecule has 0 radical (unpaired) electrons. The van der Waals surface area contributed by atoms with Gasteiger partial charge in [0.05, 0.1) is 5.56 Å². The van der Waals surface area contributed by atoms with Crippen molar-refractivity contribution in [3.05, 3.63) is 35.5 Å². The molecular formula is C25H39NO2. The minimum Gasteiger partial charge on any atom is -0.478 e. The van der Waals surface area contributed by atoms with E-state index in [1.807, 2.05) is 6.07 Å². The molecule has 1 heterocycles. The van der Waals surface area contributed by atoms with E-state index < -0.39 is 5.97 Å². The second-order valence-corrected chi connectivity index (χ2v) is 8.25. The zero-order valence-electron chi connectivity index (χ0n) is 17.8. The zero-order valence-corrected chi connectivity index (χ0v) is 17.8. The second kappa shape index (κ2) is 13.4. The SMILES string of the molecule is CCCCCCCCCCCCCCCCc1cc2ccc(C(=O)O)cc2[nH]1. The lowest BCUT2D eigenvalue weighted by Crippen LogP contribution is -1.94. The maximum Gasteiger partial charge on any atom is 0.335 e. The van der Waals surface area contributed by atoms with Gasteiger partial charge in [-0.05, 0) is 36.4 Å². The molecule has 1 aromatic carbocycles. The van der Waals surface area contributed by atoms with Gasteiger partial charge in [0.1, 0.15) is 0 Å². The zero-order chi connectivity index (χ0) is 20.0. The number of hydrogen-bond donors (Lipinski definition) is 2.